The third-order valence-corrected chi connectivity index (χ3v) is 7.46. The number of carbonyl (C=O) groups is 2. The molecule has 1 saturated heterocycles. The van der Waals surface area contributed by atoms with Gasteiger partial charge in [0.25, 0.3) is 5.91 Å². The molecule has 1 aliphatic heterocycles. The largest absolute Gasteiger partial charge is 0.492 e. The van der Waals surface area contributed by atoms with Gasteiger partial charge in [-0.25, -0.2) is 8.42 Å². The molecule has 8 nitrogen and oxygen atoms in total. The van der Waals surface area contributed by atoms with Gasteiger partial charge in [-0.15, -0.1) is 0 Å². The molecule has 0 radical (unpaired) electrons. The maximum atomic E-state index is 13.2. The van der Waals surface area contributed by atoms with E-state index in [1.54, 1.807) is 38.1 Å². The second kappa shape index (κ2) is 11.0. The molecule has 0 aromatic heterocycles. The van der Waals surface area contributed by atoms with Gasteiger partial charge in [-0.3, -0.25) is 9.59 Å². The number of sulfonamides is 1. The van der Waals surface area contributed by atoms with Crippen LogP contribution >= 0.6 is 11.6 Å². The van der Waals surface area contributed by atoms with Crippen LogP contribution in [0.5, 0.6) is 5.75 Å². The first-order valence-corrected chi connectivity index (χ1v) is 12.6. The Labute approximate surface area is 198 Å². The molecule has 1 fully saturated rings. The van der Waals surface area contributed by atoms with Crippen LogP contribution in [0.1, 0.15) is 37.0 Å². The quantitative estimate of drug-likeness (QED) is 0.557. The first kappa shape index (κ1) is 25.0. The van der Waals surface area contributed by atoms with E-state index in [-0.39, 0.29) is 35.6 Å². The van der Waals surface area contributed by atoms with Crippen molar-refractivity contribution in [3.05, 3.63) is 53.1 Å². The Kier molecular flexibility index (Phi) is 8.34. The molecular weight excluding hydrogens is 468 g/mol. The Morgan fingerprint density at radius 1 is 1.06 bits per heavy atom. The van der Waals surface area contributed by atoms with Crippen LogP contribution in [0.4, 0.5) is 5.69 Å². The Bertz CT molecular complexity index is 1100. The fraction of sp³-hybridized carbons (Fsp3) is 0.391. The summed E-state index contributed by atoms with van der Waals surface area (Å²) in [4.78, 5) is 24.7. The van der Waals surface area contributed by atoms with Crippen LogP contribution in [0.25, 0.3) is 0 Å². The lowest BCUT2D eigenvalue weighted by Crippen LogP contribution is -2.40. The molecule has 0 spiro atoms. The number of hydrogen-bond acceptors (Lipinski definition) is 6. The van der Waals surface area contributed by atoms with Crippen molar-refractivity contribution >= 4 is 39.2 Å². The zero-order valence-electron chi connectivity index (χ0n) is 18.5. The van der Waals surface area contributed by atoms with Crippen LogP contribution in [0.3, 0.4) is 0 Å². The van der Waals surface area contributed by atoms with Crippen molar-refractivity contribution in [2.45, 2.75) is 31.6 Å². The summed E-state index contributed by atoms with van der Waals surface area (Å²) in [6, 6.07) is 10.7. The highest BCUT2D eigenvalue weighted by Gasteiger charge is 2.33. The van der Waals surface area contributed by atoms with E-state index in [2.05, 4.69) is 5.32 Å². The van der Waals surface area contributed by atoms with Crippen molar-refractivity contribution in [1.29, 1.82) is 0 Å². The summed E-state index contributed by atoms with van der Waals surface area (Å²) in [5.74, 6) is -0.647. The van der Waals surface area contributed by atoms with E-state index in [4.69, 9.17) is 21.1 Å². The number of hydrogen-bond donors (Lipinski definition) is 1. The minimum absolute atomic E-state index is 0.0342. The van der Waals surface area contributed by atoms with Gasteiger partial charge < -0.3 is 14.8 Å². The number of ether oxygens (including phenoxy) is 2. The summed E-state index contributed by atoms with van der Waals surface area (Å²) in [5.41, 5.74) is 0.621. The number of piperidine rings is 1. The number of carbonyl (C=O) groups excluding carboxylic acids is 2. The smallest absolute Gasteiger partial charge is 0.309 e. The molecular formula is C23H27ClN2O6S. The molecule has 0 saturated carbocycles. The number of anilines is 1. The number of nitrogens with one attached hydrogen (secondary N) is 1. The minimum Gasteiger partial charge on any atom is -0.492 e. The number of halogens is 1. The molecule has 1 aliphatic rings. The Morgan fingerprint density at radius 3 is 2.33 bits per heavy atom. The van der Waals surface area contributed by atoms with Crippen LogP contribution in [0, 0.1) is 5.92 Å². The first-order valence-electron chi connectivity index (χ1n) is 10.8. The van der Waals surface area contributed by atoms with E-state index in [9.17, 15) is 18.0 Å². The molecule has 0 aliphatic carbocycles. The summed E-state index contributed by atoms with van der Waals surface area (Å²) in [5, 5.41) is 3.23. The molecule has 33 heavy (non-hydrogen) atoms. The van der Waals surface area contributed by atoms with Gasteiger partial charge in [-0.2, -0.15) is 4.31 Å². The average Bonchev–Trinajstić information content (AvgIpc) is 2.81. The summed E-state index contributed by atoms with van der Waals surface area (Å²) >= 11 is 5.88. The second-order valence-corrected chi connectivity index (χ2v) is 9.86. The monoisotopic (exact) mass is 494 g/mol. The van der Waals surface area contributed by atoms with Gasteiger partial charge in [0.05, 0.1) is 29.7 Å². The van der Waals surface area contributed by atoms with Crippen molar-refractivity contribution in [3.8, 4) is 5.75 Å². The van der Waals surface area contributed by atoms with Crippen molar-refractivity contribution < 1.29 is 27.5 Å². The Balaban J connectivity index is 1.81. The van der Waals surface area contributed by atoms with Gasteiger partial charge >= 0.3 is 5.97 Å². The minimum atomic E-state index is -3.83. The van der Waals surface area contributed by atoms with Crippen molar-refractivity contribution in [3.63, 3.8) is 0 Å². The van der Waals surface area contributed by atoms with Crippen molar-refractivity contribution in [2.75, 3.05) is 31.6 Å². The second-order valence-electron chi connectivity index (χ2n) is 7.48. The predicted molar refractivity (Wildman–Crippen MR) is 125 cm³/mol. The van der Waals surface area contributed by atoms with Crippen LogP contribution in [0.2, 0.25) is 5.02 Å². The molecule has 2 aromatic carbocycles. The molecule has 10 heteroatoms. The fourth-order valence-electron chi connectivity index (χ4n) is 3.59. The SMILES string of the molecule is CCOC(=O)C1CCN(S(=O)(=O)c2ccc(OCC)c(NC(=O)c3ccc(Cl)cc3)c2)CC1. The van der Waals surface area contributed by atoms with Crippen molar-refractivity contribution in [2.24, 2.45) is 5.92 Å². The van der Waals surface area contributed by atoms with E-state index in [0.717, 1.165) is 0 Å². The Morgan fingerprint density at radius 2 is 1.73 bits per heavy atom. The van der Waals surface area contributed by atoms with E-state index >= 15 is 0 Å². The molecule has 0 bridgehead atoms. The molecule has 1 amide bonds. The summed E-state index contributed by atoms with van der Waals surface area (Å²) < 4.78 is 38.5. The van der Waals surface area contributed by atoms with Gasteiger partial charge in [0.2, 0.25) is 10.0 Å². The van der Waals surface area contributed by atoms with Crippen LogP contribution in [0.15, 0.2) is 47.4 Å². The standard InChI is InChI=1S/C23H27ClN2O6S/c1-3-31-21-10-9-19(15-20(21)25-22(27)16-5-7-18(24)8-6-16)33(29,30)26-13-11-17(12-14-26)23(28)32-4-2/h5-10,15,17H,3-4,11-14H2,1-2H3,(H,25,27). The van der Waals surface area contributed by atoms with Gasteiger partial charge in [-0.1, -0.05) is 11.6 Å². The summed E-state index contributed by atoms with van der Waals surface area (Å²) in [6.07, 6.45) is 0.796. The normalized spacial score (nSPS) is 15.1. The maximum Gasteiger partial charge on any atom is 0.309 e. The first-order chi connectivity index (χ1) is 15.8. The maximum absolute atomic E-state index is 13.2. The number of nitrogens with zero attached hydrogens (tertiary/aromatic N) is 1. The number of rotatable bonds is 8. The molecule has 0 atom stereocenters. The highest BCUT2D eigenvalue weighted by atomic mass is 35.5. The van der Waals surface area contributed by atoms with Crippen LogP contribution in [-0.4, -0.2) is 50.9 Å². The fourth-order valence-corrected chi connectivity index (χ4v) is 5.21. The molecule has 1 heterocycles. The van der Waals surface area contributed by atoms with E-state index < -0.39 is 15.9 Å². The van der Waals surface area contributed by atoms with E-state index in [1.165, 1.54) is 22.5 Å². The lowest BCUT2D eigenvalue weighted by atomic mass is 9.98. The van der Waals surface area contributed by atoms with Crippen LogP contribution in [-0.2, 0) is 19.6 Å². The average molecular weight is 495 g/mol. The van der Waals surface area contributed by atoms with Crippen molar-refractivity contribution in [1.82, 2.24) is 4.31 Å². The summed E-state index contributed by atoms with van der Waals surface area (Å²) in [7, 11) is -3.83. The number of amides is 1. The third kappa shape index (κ3) is 6.04. The zero-order chi connectivity index (χ0) is 24.0. The van der Waals surface area contributed by atoms with Crippen LogP contribution < -0.4 is 10.1 Å². The lowest BCUT2D eigenvalue weighted by Gasteiger charge is -2.30. The number of esters is 1. The van der Waals surface area contributed by atoms with Gasteiger partial charge in [0.1, 0.15) is 5.75 Å². The predicted octanol–water partition coefficient (Wildman–Crippen LogP) is 3.95. The zero-order valence-corrected chi connectivity index (χ0v) is 20.1. The Hall–Kier alpha value is -2.62. The van der Waals surface area contributed by atoms with Gasteiger partial charge in [-0.05, 0) is 69.2 Å². The molecule has 3 rings (SSSR count). The number of benzene rings is 2. The van der Waals surface area contributed by atoms with Gasteiger partial charge in [0.15, 0.2) is 0 Å². The molecule has 2 aromatic rings. The molecule has 1 N–H and O–H groups in total. The van der Waals surface area contributed by atoms with Gasteiger partial charge in [0, 0.05) is 23.7 Å². The molecule has 0 unspecified atom stereocenters. The molecule has 178 valence electrons. The lowest BCUT2D eigenvalue weighted by molar-refractivity contribution is -0.149. The summed E-state index contributed by atoms with van der Waals surface area (Å²) in [6.45, 7) is 4.61. The topological polar surface area (TPSA) is 102 Å². The third-order valence-electron chi connectivity index (χ3n) is 5.32. The highest BCUT2D eigenvalue weighted by molar-refractivity contribution is 7.89. The van der Waals surface area contributed by atoms with E-state index in [0.29, 0.717) is 42.4 Å². The van der Waals surface area contributed by atoms with E-state index in [1.807, 2.05) is 0 Å². The highest BCUT2D eigenvalue weighted by Crippen LogP contribution is 2.31.